The average molecular weight is 146 g/mol. The van der Waals surface area contributed by atoms with Crippen molar-refractivity contribution in [3.05, 3.63) is 12.7 Å². The molecule has 4 nitrogen and oxygen atoms in total. The molecule has 0 amide bonds. The van der Waals surface area contributed by atoms with Crippen LogP contribution in [0.1, 0.15) is 0 Å². The van der Waals surface area contributed by atoms with Gasteiger partial charge in [-0.1, -0.05) is 6.58 Å². The molecule has 0 aromatic heterocycles. The molecule has 0 atom stereocenters. The number of methoxy groups -OCH3 is 1. The van der Waals surface area contributed by atoms with E-state index in [0.29, 0.717) is 0 Å². The number of esters is 1. The summed E-state index contributed by atoms with van der Waals surface area (Å²) in [6, 6.07) is 0. The van der Waals surface area contributed by atoms with Crippen LogP contribution < -0.4 is 0 Å². The monoisotopic (exact) mass is 146 g/mol. The Labute approximate surface area is 59.4 Å². The lowest BCUT2D eigenvalue weighted by Gasteiger charge is -2.01. The molecule has 0 rings (SSSR count). The molecule has 0 spiro atoms. The Hall–Kier alpha value is -0.870. The van der Waals surface area contributed by atoms with Crippen molar-refractivity contribution in [1.29, 1.82) is 0 Å². The van der Waals surface area contributed by atoms with Gasteiger partial charge < -0.3 is 14.2 Å². The summed E-state index contributed by atoms with van der Waals surface area (Å²) in [4.78, 5) is 10.3. The summed E-state index contributed by atoms with van der Waals surface area (Å²) < 4.78 is 13.6. The van der Waals surface area contributed by atoms with Gasteiger partial charge in [0.15, 0.2) is 6.79 Å². The van der Waals surface area contributed by atoms with Gasteiger partial charge >= 0.3 is 5.97 Å². The van der Waals surface area contributed by atoms with E-state index < -0.39 is 5.97 Å². The van der Waals surface area contributed by atoms with Crippen molar-refractivity contribution in [1.82, 2.24) is 0 Å². The van der Waals surface area contributed by atoms with Crippen molar-refractivity contribution >= 4 is 5.97 Å². The molecule has 0 aliphatic heterocycles. The van der Waals surface area contributed by atoms with Crippen LogP contribution in [0.5, 0.6) is 0 Å². The molecule has 58 valence electrons. The van der Waals surface area contributed by atoms with Crippen LogP contribution in [0.3, 0.4) is 0 Å². The van der Waals surface area contributed by atoms with Gasteiger partial charge in [-0.2, -0.15) is 0 Å². The SMILES string of the molecule is C=CC(=O)OCOCOC. The topological polar surface area (TPSA) is 44.8 Å². The Kier molecular flexibility index (Phi) is 5.71. The highest BCUT2D eigenvalue weighted by Gasteiger charge is 1.92. The normalized spacial score (nSPS) is 8.90. The molecule has 0 bridgehead atoms. The van der Waals surface area contributed by atoms with Crippen molar-refractivity contribution in [2.45, 2.75) is 0 Å². The van der Waals surface area contributed by atoms with Gasteiger partial charge in [-0.05, 0) is 0 Å². The molecule has 0 N–H and O–H groups in total. The molecule has 0 fully saturated rings. The predicted molar refractivity (Wildman–Crippen MR) is 34.1 cm³/mol. The van der Waals surface area contributed by atoms with Crippen molar-refractivity contribution in [2.75, 3.05) is 20.7 Å². The summed E-state index contributed by atoms with van der Waals surface area (Å²) in [5.74, 6) is -0.504. The lowest BCUT2D eigenvalue weighted by molar-refractivity contribution is -0.160. The van der Waals surface area contributed by atoms with Gasteiger partial charge in [0.1, 0.15) is 6.79 Å². The smallest absolute Gasteiger partial charge is 0.332 e. The standard InChI is InChI=1S/C6H10O4/c1-3-6(7)10-5-9-4-8-2/h3H,1,4-5H2,2H3. The second-order valence-electron chi connectivity index (χ2n) is 1.40. The van der Waals surface area contributed by atoms with E-state index in [-0.39, 0.29) is 13.6 Å². The molecule has 4 heteroatoms. The average Bonchev–Trinajstić information content (AvgIpc) is 1.98. The minimum Gasteiger partial charge on any atom is -0.435 e. The lowest BCUT2D eigenvalue weighted by Crippen LogP contribution is -2.06. The van der Waals surface area contributed by atoms with Crippen LogP contribution in [-0.2, 0) is 19.0 Å². The maximum Gasteiger partial charge on any atom is 0.332 e. The Balaban J connectivity index is 3.03. The van der Waals surface area contributed by atoms with Gasteiger partial charge in [0.2, 0.25) is 0 Å². The van der Waals surface area contributed by atoms with E-state index in [1.165, 1.54) is 7.11 Å². The van der Waals surface area contributed by atoms with E-state index in [1.54, 1.807) is 0 Å². The van der Waals surface area contributed by atoms with Gasteiger partial charge in [-0.15, -0.1) is 0 Å². The number of rotatable bonds is 5. The van der Waals surface area contributed by atoms with Crippen molar-refractivity contribution in [3.8, 4) is 0 Å². The third-order valence-corrected chi connectivity index (χ3v) is 0.652. The van der Waals surface area contributed by atoms with Crippen LogP contribution in [0.25, 0.3) is 0 Å². The maximum atomic E-state index is 10.3. The first kappa shape index (κ1) is 9.13. The highest BCUT2D eigenvalue weighted by Crippen LogP contribution is 1.80. The maximum absolute atomic E-state index is 10.3. The van der Waals surface area contributed by atoms with Gasteiger partial charge in [-0.25, -0.2) is 4.79 Å². The van der Waals surface area contributed by atoms with E-state index in [2.05, 4.69) is 20.8 Å². The number of ether oxygens (including phenoxy) is 3. The number of hydrogen-bond donors (Lipinski definition) is 0. The zero-order chi connectivity index (χ0) is 7.82. The van der Waals surface area contributed by atoms with Gasteiger partial charge in [0.25, 0.3) is 0 Å². The fraction of sp³-hybridized carbons (Fsp3) is 0.500. The van der Waals surface area contributed by atoms with Crippen molar-refractivity contribution in [2.24, 2.45) is 0 Å². The molecule has 0 radical (unpaired) electrons. The fourth-order valence-corrected chi connectivity index (χ4v) is 0.276. The number of hydrogen-bond acceptors (Lipinski definition) is 4. The summed E-state index contributed by atoms with van der Waals surface area (Å²) in [5, 5.41) is 0. The molecule has 0 aliphatic rings. The van der Waals surface area contributed by atoms with Crippen LogP contribution in [0, 0.1) is 0 Å². The van der Waals surface area contributed by atoms with Gasteiger partial charge in [-0.3, -0.25) is 0 Å². The zero-order valence-corrected chi connectivity index (χ0v) is 5.83. The molecule has 0 aromatic rings. The van der Waals surface area contributed by atoms with E-state index in [1.807, 2.05) is 0 Å². The highest BCUT2D eigenvalue weighted by atomic mass is 16.7. The van der Waals surface area contributed by atoms with Crippen LogP contribution in [0.15, 0.2) is 12.7 Å². The summed E-state index contributed by atoms with van der Waals surface area (Å²) in [6.45, 7) is 3.22. The minimum atomic E-state index is -0.504. The second kappa shape index (κ2) is 6.25. The lowest BCUT2D eigenvalue weighted by atomic mass is 10.7. The Morgan fingerprint density at radius 2 is 2.30 bits per heavy atom. The summed E-state index contributed by atoms with van der Waals surface area (Å²) in [5.41, 5.74) is 0. The van der Waals surface area contributed by atoms with Crippen molar-refractivity contribution < 1.29 is 19.0 Å². The molecule has 0 saturated carbocycles. The van der Waals surface area contributed by atoms with E-state index >= 15 is 0 Å². The van der Waals surface area contributed by atoms with Gasteiger partial charge in [0, 0.05) is 13.2 Å². The molecular formula is C6H10O4. The Morgan fingerprint density at radius 3 is 2.80 bits per heavy atom. The molecular weight excluding hydrogens is 136 g/mol. The third-order valence-electron chi connectivity index (χ3n) is 0.652. The summed E-state index contributed by atoms with van der Waals surface area (Å²) in [6.07, 6.45) is 1.07. The molecule has 0 unspecified atom stereocenters. The summed E-state index contributed by atoms with van der Waals surface area (Å²) in [7, 11) is 1.48. The first-order valence-electron chi connectivity index (χ1n) is 2.67. The van der Waals surface area contributed by atoms with E-state index in [0.717, 1.165) is 6.08 Å². The van der Waals surface area contributed by atoms with Crippen LogP contribution >= 0.6 is 0 Å². The van der Waals surface area contributed by atoms with Crippen LogP contribution in [-0.4, -0.2) is 26.7 Å². The summed E-state index contributed by atoms with van der Waals surface area (Å²) >= 11 is 0. The second-order valence-corrected chi connectivity index (χ2v) is 1.40. The fourth-order valence-electron chi connectivity index (χ4n) is 0.276. The largest absolute Gasteiger partial charge is 0.435 e. The predicted octanol–water partition coefficient (Wildman–Crippen LogP) is 0.294. The Bertz CT molecular complexity index is 110. The van der Waals surface area contributed by atoms with Gasteiger partial charge in [0.05, 0.1) is 0 Å². The third kappa shape index (κ3) is 5.27. The number of carbonyl (C=O) groups excluding carboxylic acids is 1. The van der Waals surface area contributed by atoms with Crippen LogP contribution in [0.4, 0.5) is 0 Å². The molecule has 0 saturated heterocycles. The molecule has 10 heavy (non-hydrogen) atoms. The molecule has 0 aliphatic carbocycles. The number of carbonyl (C=O) groups is 1. The molecule has 0 heterocycles. The minimum absolute atomic E-state index is 0.0985. The van der Waals surface area contributed by atoms with Crippen molar-refractivity contribution in [3.63, 3.8) is 0 Å². The Morgan fingerprint density at radius 1 is 1.60 bits per heavy atom. The van der Waals surface area contributed by atoms with Crippen LogP contribution in [0.2, 0.25) is 0 Å². The molecule has 0 aromatic carbocycles. The first-order chi connectivity index (χ1) is 4.81. The quantitative estimate of drug-likeness (QED) is 0.242. The van der Waals surface area contributed by atoms with E-state index in [4.69, 9.17) is 0 Å². The first-order valence-corrected chi connectivity index (χ1v) is 2.67. The highest BCUT2D eigenvalue weighted by molar-refractivity contribution is 5.81. The van der Waals surface area contributed by atoms with E-state index in [9.17, 15) is 4.79 Å². The zero-order valence-electron chi connectivity index (χ0n) is 5.83.